The van der Waals surface area contributed by atoms with E-state index in [9.17, 15) is 30.0 Å². The average molecular weight is 448 g/mol. The van der Waals surface area contributed by atoms with Crippen molar-refractivity contribution >= 4 is 11.6 Å². The number of ketones is 2. The van der Waals surface area contributed by atoms with Crippen LogP contribution in [0.1, 0.15) is 20.7 Å². The van der Waals surface area contributed by atoms with Gasteiger partial charge in [0.15, 0.2) is 11.5 Å². The van der Waals surface area contributed by atoms with Crippen LogP contribution in [0.3, 0.4) is 0 Å². The molecule has 3 rings (SSSR count). The predicted molar refractivity (Wildman–Crippen MR) is 109 cm³/mol. The molecule has 0 aromatic heterocycles. The fourth-order valence-corrected chi connectivity index (χ4v) is 3.22. The third kappa shape index (κ3) is 4.74. The van der Waals surface area contributed by atoms with Crippen molar-refractivity contribution in [2.45, 2.75) is 30.7 Å². The van der Waals surface area contributed by atoms with Crippen LogP contribution in [0.5, 0.6) is 17.2 Å². The normalized spacial score (nSPS) is 25.1. The molecule has 0 aliphatic carbocycles. The van der Waals surface area contributed by atoms with E-state index < -0.39 is 48.9 Å². The number of carbonyl (C=O) groups is 2. The number of benzene rings is 2. The van der Waals surface area contributed by atoms with E-state index in [1.54, 1.807) is 12.1 Å². The molecule has 0 radical (unpaired) electrons. The van der Waals surface area contributed by atoms with Gasteiger partial charge in [0.05, 0.1) is 20.8 Å². The van der Waals surface area contributed by atoms with E-state index in [0.29, 0.717) is 5.75 Å². The van der Waals surface area contributed by atoms with Gasteiger partial charge in [0.2, 0.25) is 17.9 Å². The highest BCUT2D eigenvalue weighted by atomic mass is 16.7. The van der Waals surface area contributed by atoms with Crippen LogP contribution >= 0.6 is 0 Å². The summed E-state index contributed by atoms with van der Waals surface area (Å²) in [4.78, 5) is 25.3. The Balaban J connectivity index is 1.81. The zero-order chi connectivity index (χ0) is 23.4. The molecule has 10 heteroatoms. The van der Waals surface area contributed by atoms with Crippen LogP contribution in [0.25, 0.3) is 0 Å². The second kappa shape index (κ2) is 10.1. The van der Waals surface area contributed by atoms with Gasteiger partial charge in [-0.3, -0.25) is 9.59 Å². The van der Waals surface area contributed by atoms with Gasteiger partial charge in [0, 0.05) is 11.1 Å². The summed E-state index contributed by atoms with van der Waals surface area (Å²) in [6, 6.07) is 10.2. The summed E-state index contributed by atoms with van der Waals surface area (Å²) in [6.07, 6.45) is -7.34. The minimum Gasteiger partial charge on any atom is -0.497 e. The van der Waals surface area contributed by atoms with Crippen LogP contribution in [-0.2, 0) is 4.74 Å². The van der Waals surface area contributed by atoms with E-state index in [0.717, 1.165) is 0 Å². The number of Topliss-reactive ketones (excluding diaryl/α,β-unsaturated/α-hetero) is 2. The third-order valence-electron chi connectivity index (χ3n) is 5.06. The van der Waals surface area contributed by atoms with Crippen LogP contribution in [0.4, 0.5) is 0 Å². The molecule has 4 N–H and O–H groups in total. The van der Waals surface area contributed by atoms with Gasteiger partial charge in [-0.2, -0.15) is 0 Å². The quantitative estimate of drug-likeness (QED) is 0.319. The highest BCUT2D eigenvalue weighted by molar-refractivity contribution is 6.49. The number of hydrogen-bond donors (Lipinski definition) is 4. The lowest BCUT2D eigenvalue weighted by atomic mass is 9.99. The van der Waals surface area contributed by atoms with Crippen molar-refractivity contribution in [3.8, 4) is 17.2 Å². The minimum atomic E-state index is -1.62. The second-order valence-electron chi connectivity index (χ2n) is 7.07. The Morgan fingerprint density at radius 1 is 0.875 bits per heavy atom. The second-order valence-corrected chi connectivity index (χ2v) is 7.07. The number of ether oxygens (including phenoxy) is 4. The van der Waals surface area contributed by atoms with Gasteiger partial charge in [-0.1, -0.05) is 12.1 Å². The molecule has 0 spiro atoms. The molecule has 0 saturated carbocycles. The maximum Gasteiger partial charge on any atom is 0.233 e. The zero-order valence-corrected chi connectivity index (χ0v) is 17.4. The summed E-state index contributed by atoms with van der Waals surface area (Å²) in [5.41, 5.74) is 0.200. The first kappa shape index (κ1) is 23.6. The van der Waals surface area contributed by atoms with Crippen molar-refractivity contribution in [3.05, 3.63) is 53.6 Å². The van der Waals surface area contributed by atoms with Gasteiger partial charge in [-0.25, -0.2) is 0 Å². The van der Waals surface area contributed by atoms with Gasteiger partial charge in [-0.05, 0) is 30.3 Å². The van der Waals surface area contributed by atoms with E-state index >= 15 is 0 Å². The molecule has 1 heterocycles. The first-order valence-electron chi connectivity index (χ1n) is 9.69. The van der Waals surface area contributed by atoms with Crippen molar-refractivity contribution in [2.24, 2.45) is 0 Å². The Morgan fingerprint density at radius 3 is 2.19 bits per heavy atom. The first-order chi connectivity index (χ1) is 15.3. The van der Waals surface area contributed by atoms with Crippen LogP contribution in [0.2, 0.25) is 0 Å². The number of aliphatic hydroxyl groups excluding tert-OH is 4. The Morgan fingerprint density at radius 2 is 1.56 bits per heavy atom. The molecular formula is C22H24O10. The smallest absolute Gasteiger partial charge is 0.233 e. The fourth-order valence-electron chi connectivity index (χ4n) is 3.22. The van der Waals surface area contributed by atoms with Crippen LogP contribution in [-0.4, -0.2) is 83.5 Å². The van der Waals surface area contributed by atoms with Crippen LogP contribution < -0.4 is 14.2 Å². The fraction of sp³-hybridized carbons (Fsp3) is 0.364. The SMILES string of the molecule is COc1cccc(C(=O)C(=O)c2ccc(O[C@@H]3O[C@H](CO)[C@@H](O)[C@H](O)[C@H]3O)c(OC)c2)c1. The van der Waals surface area contributed by atoms with Gasteiger partial charge < -0.3 is 39.4 Å². The average Bonchev–Trinajstić information content (AvgIpc) is 2.83. The summed E-state index contributed by atoms with van der Waals surface area (Å²) < 4.78 is 21.2. The summed E-state index contributed by atoms with van der Waals surface area (Å²) in [6.45, 7) is -0.609. The number of rotatable bonds is 8. The molecule has 2 aromatic carbocycles. The largest absolute Gasteiger partial charge is 0.497 e. The summed E-state index contributed by atoms with van der Waals surface area (Å²) in [5.74, 6) is -0.984. The molecule has 1 aliphatic heterocycles. The van der Waals surface area contributed by atoms with E-state index in [1.807, 2.05) is 0 Å². The Hall–Kier alpha value is -3.02. The maximum absolute atomic E-state index is 12.7. The third-order valence-corrected chi connectivity index (χ3v) is 5.06. The standard InChI is InChI=1S/C22H24O10/c1-29-13-5-3-4-11(8-13)17(24)18(25)12-6-7-14(15(9-12)30-2)31-22-21(28)20(27)19(26)16(10-23)32-22/h3-9,16,19-23,26-28H,10H2,1-2H3/t16-,19-,20+,21-,22-/m1/s1. The molecule has 5 atom stereocenters. The zero-order valence-electron chi connectivity index (χ0n) is 17.4. The van der Waals surface area contributed by atoms with E-state index in [4.69, 9.17) is 18.9 Å². The van der Waals surface area contributed by atoms with Gasteiger partial charge in [-0.15, -0.1) is 0 Å². The molecule has 0 bridgehead atoms. The van der Waals surface area contributed by atoms with Gasteiger partial charge in [0.25, 0.3) is 0 Å². The number of hydrogen-bond acceptors (Lipinski definition) is 10. The van der Waals surface area contributed by atoms with Crippen molar-refractivity contribution < 1.29 is 49.0 Å². The lowest BCUT2D eigenvalue weighted by molar-refractivity contribution is -0.277. The van der Waals surface area contributed by atoms with Crippen molar-refractivity contribution in [1.82, 2.24) is 0 Å². The Bertz CT molecular complexity index is 973. The number of methoxy groups -OCH3 is 2. The highest BCUT2D eigenvalue weighted by Gasteiger charge is 2.45. The van der Waals surface area contributed by atoms with Crippen molar-refractivity contribution in [3.63, 3.8) is 0 Å². The lowest BCUT2D eigenvalue weighted by Crippen LogP contribution is -2.60. The van der Waals surface area contributed by atoms with Gasteiger partial charge >= 0.3 is 0 Å². The summed E-state index contributed by atoms with van der Waals surface area (Å²) >= 11 is 0. The van der Waals surface area contributed by atoms with Gasteiger partial charge in [0.1, 0.15) is 30.2 Å². The molecule has 32 heavy (non-hydrogen) atoms. The van der Waals surface area contributed by atoms with Crippen molar-refractivity contribution in [2.75, 3.05) is 20.8 Å². The monoisotopic (exact) mass is 448 g/mol. The molecule has 1 aliphatic rings. The molecule has 1 saturated heterocycles. The molecule has 1 fully saturated rings. The van der Waals surface area contributed by atoms with E-state index in [-0.39, 0.29) is 22.6 Å². The Labute approximate surface area is 183 Å². The summed E-state index contributed by atoms with van der Waals surface area (Å²) in [7, 11) is 2.76. The molecule has 2 aromatic rings. The number of carbonyl (C=O) groups excluding carboxylic acids is 2. The summed E-state index contributed by atoms with van der Waals surface area (Å²) in [5, 5.41) is 39.2. The topological polar surface area (TPSA) is 152 Å². The molecule has 172 valence electrons. The lowest BCUT2D eigenvalue weighted by Gasteiger charge is -2.39. The van der Waals surface area contributed by atoms with Crippen LogP contribution in [0, 0.1) is 0 Å². The Kier molecular flexibility index (Phi) is 7.44. The first-order valence-corrected chi connectivity index (χ1v) is 9.69. The molecule has 0 amide bonds. The van der Waals surface area contributed by atoms with Crippen LogP contribution in [0.15, 0.2) is 42.5 Å². The molecule has 0 unspecified atom stereocenters. The maximum atomic E-state index is 12.7. The van der Waals surface area contributed by atoms with E-state index in [1.165, 1.54) is 44.6 Å². The van der Waals surface area contributed by atoms with E-state index in [2.05, 4.69) is 0 Å². The predicted octanol–water partition coefficient (Wildman–Crippen LogP) is -0.0519. The minimum absolute atomic E-state index is 0.0378. The van der Waals surface area contributed by atoms with Crippen molar-refractivity contribution in [1.29, 1.82) is 0 Å². The highest BCUT2D eigenvalue weighted by Crippen LogP contribution is 2.32. The molecular weight excluding hydrogens is 424 g/mol. The molecule has 10 nitrogen and oxygen atoms in total. The number of aliphatic hydroxyl groups is 4.